The number of nitrogen functional groups attached to an aromatic ring is 1. The number of hydrogen-bond acceptors (Lipinski definition) is 2. The molecule has 1 aromatic carbocycles. The van der Waals surface area contributed by atoms with Crippen LogP contribution in [-0.2, 0) is 4.79 Å². The first-order valence-corrected chi connectivity index (χ1v) is 5.45. The molecule has 0 fully saturated rings. The fourth-order valence-corrected chi connectivity index (χ4v) is 1.43. The van der Waals surface area contributed by atoms with Crippen LogP contribution in [0.25, 0.3) is 6.08 Å². The number of rotatable bonds is 5. The van der Waals surface area contributed by atoms with Crippen molar-refractivity contribution in [1.82, 2.24) is 5.32 Å². The van der Waals surface area contributed by atoms with Gasteiger partial charge in [0.15, 0.2) is 0 Å². The Morgan fingerprint density at radius 1 is 1.47 bits per heavy atom. The smallest absolute Gasteiger partial charge is 0.216 e. The first kappa shape index (κ1) is 13.0. The van der Waals surface area contributed by atoms with E-state index < -0.39 is 0 Å². The van der Waals surface area contributed by atoms with E-state index in [-0.39, 0.29) is 11.7 Å². The van der Waals surface area contributed by atoms with Crippen LogP contribution in [0.4, 0.5) is 0 Å². The normalized spacial score (nSPS) is 10.4. The lowest BCUT2D eigenvalue weighted by Crippen LogP contribution is -2.20. The molecule has 0 saturated carbocycles. The summed E-state index contributed by atoms with van der Waals surface area (Å²) in [6.07, 6.45) is 4.63. The molecule has 0 atom stereocenters. The molecule has 0 aliphatic rings. The summed E-state index contributed by atoms with van der Waals surface area (Å²) in [5, 5.41) is 10.1. The Bertz CT molecular complexity index is 438. The highest BCUT2D eigenvalue weighted by molar-refractivity contribution is 5.98. The topological polar surface area (TPSA) is 79.0 Å². The van der Waals surface area contributed by atoms with Crippen molar-refractivity contribution in [2.24, 2.45) is 5.73 Å². The maximum Gasteiger partial charge on any atom is 0.216 e. The van der Waals surface area contributed by atoms with Crippen LogP contribution in [0.1, 0.15) is 24.5 Å². The van der Waals surface area contributed by atoms with E-state index in [1.807, 2.05) is 36.4 Å². The second-order valence-electron chi connectivity index (χ2n) is 3.67. The molecule has 0 aliphatic heterocycles. The van der Waals surface area contributed by atoms with Crippen molar-refractivity contribution in [1.29, 1.82) is 5.41 Å². The van der Waals surface area contributed by atoms with Crippen molar-refractivity contribution in [3.63, 3.8) is 0 Å². The number of nitrogens with one attached hydrogen (secondary N) is 2. The van der Waals surface area contributed by atoms with Crippen LogP contribution in [0.15, 0.2) is 30.3 Å². The molecule has 17 heavy (non-hydrogen) atoms. The molecule has 0 unspecified atom stereocenters. The highest BCUT2D eigenvalue weighted by Crippen LogP contribution is 2.10. The molecule has 0 aliphatic carbocycles. The van der Waals surface area contributed by atoms with E-state index in [9.17, 15) is 4.79 Å². The summed E-state index contributed by atoms with van der Waals surface area (Å²) in [7, 11) is 0. The quantitative estimate of drug-likeness (QED) is 0.408. The van der Waals surface area contributed by atoms with E-state index in [1.165, 1.54) is 6.92 Å². The largest absolute Gasteiger partial charge is 0.384 e. The number of hydrogen-bond donors (Lipinski definition) is 3. The minimum Gasteiger partial charge on any atom is -0.384 e. The zero-order valence-corrected chi connectivity index (χ0v) is 9.86. The predicted molar refractivity (Wildman–Crippen MR) is 69.8 cm³/mol. The third kappa shape index (κ3) is 4.51. The van der Waals surface area contributed by atoms with Crippen LogP contribution in [0.5, 0.6) is 0 Å². The van der Waals surface area contributed by atoms with E-state index in [4.69, 9.17) is 11.1 Å². The van der Waals surface area contributed by atoms with Crippen LogP contribution in [0.2, 0.25) is 0 Å². The fraction of sp³-hybridized carbons (Fsp3) is 0.231. The molecule has 90 valence electrons. The number of nitrogens with two attached hydrogens (primary N) is 1. The van der Waals surface area contributed by atoms with E-state index in [1.54, 1.807) is 0 Å². The Balaban J connectivity index is 2.59. The molecular formula is C13H17N3O. The van der Waals surface area contributed by atoms with Gasteiger partial charge in [-0.05, 0) is 12.0 Å². The van der Waals surface area contributed by atoms with Gasteiger partial charge in [0.2, 0.25) is 5.91 Å². The molecule has 4 nitrogen and oxygen atoms in total. The molecule has 0 saturated heterocycles. The summed E-state index contributed by atoms with van der Waals surface area (Å²) in [5.41, 5.74) is 7.12. The van der Waals surface area contributed by atoms with Gasteiger partial charge in [-0.2, -0.15) is 0 Å². The molecule has 4 heteroatoms. The van der Waals surface area contributed by atoms with Crippen LogP contribution in [-0.4, -0.2) is 18.3 Å². The van der Waals surface area contributed by atoms with Crippen molar-refractivity contribution >= 4 is 17.8 Å². The predicted octanol–water partition coefficient (Wildman–Crippen LogP) is 1.51. The summed E-state index contributed by atoms with van der Waals surface area (Å²) in [6, 6.07) is 7.48. The molecule has 1 amide bonds. The summed E-state index contributed by atoms with van der Waals surface area (Å²) in [4.78, 5) is 10.6. The maximum absolute atomic E-state index is 10.6. The average Bonchev–Trinajstić information content (AvgIpc) is 2.28. The first-order valence-electron chi connectivity index (χ1n) is 5.45. The Morgan fingerprint density at radius 2 is 2.18 bits per heavy atom. The van der Waals surface area contributed by atoms with Crippen molar-refractivity contribution in [3.05, 3.63) is 41.5 Å². The van der Waals surface area contributed by atoms with Gasteiger partial charge in [-0.1, -0.05) is 36.4 Å². The van der Waals surface area contributed by atoms with Gasteiger partial charge in [-0.3, -0.25) is 10.2 Å². The number of amides is 1. The van der Waals surface area contributed by atoms with Crippen molar-refractivity contribution in [2.75, 3.05) is 6.54 Å². The monoisotopic (exact) mass is 231 g/mol. The molecule has 0 spiro atoms. The van der Waals surface area contributed by atoms with Crippen LogP contribution in [0, 0.1) is 5.41 Å². The molecule has 0 radical (unpaired) electrons. The molecule has 1 aromatic rings. The molecule has 0 bridgehead atoms. The molecule has 0 heterocycles. The zero-order chi connectivity index (χ0) is 12.7. The Kier molecular flexibility index (Phi) is 4.94. The summed E-state index contributed by atoms with van der Waals surface area (Å²) in [6.45, 7) is 2.11. The standard InChI is InChI=1S/C13H17N3O/c1-10(17)16-9-5-4-7-11-6-2-3-8-12(11)13(14)15/h2-4,6-8H,5,9H2,1H3,(H3,14,15)(H,16,17). The minimum atomic E-state index is -0.0254. The average molecular weight is 231 g/mol. The highest BCUT2D eigenvalue weighted by Gasteiger charge is 2.00. The van der Waals surface area contributed by atoms with Gasteiger partial charge in [0, 0.05) is 19.0 Å². The van der Waals surface area contributed by atoms with Gasteiger partial charge in [0.1, 0.15) is 5.84 Å². The minimum absolute atomic E-state index is 0.0254. The van der Waals surface area contributed by atoms with E-state index >= 15 is 0 Å². The van der Waals surface area contributed by atoms with Gasteiger partial charge < -0.3 is 11.1 Å². The highest BCUT2D eigenvalue weighted by atomic mass is 16.1. The third-order valence-corrected chi connectivity index (χ3v) is 2.23. The summed E-state index contributed by atoms with van der Waals surface area (Å²) in [5.74, 6) is 0.0367. The first-order chi connectivity index (χ1) is 8.11. The lowest BCUT2D eigenvalue weighted by Gasteiger charge is -2.03. The zero-order valence-electron chi connectivity index (χ0n) is 9.86. The van der Waals surface area contributed by atoms with Gasteiger partial charge in [-0.25, -0.2) is 0 Å². The molecule has 1 rings (SSSR count). The SMILES string of the molecule is CC(=O)NCCC=Cc1ccccc1C(=N)N. The van der Waals surface area contributed by atoms with Gasteiger partial charge in [0.05, 0.1) is 0 Å². The Hall–Kier alpha value is -2.10. The Labute approximate surface area is 101 Å². The summed E-state index contributed by atoms with van der Waals surface area (Å²) < 4.78 is 0. The number of benzene rings is 1. The van der Waals surface area contributed by atoms with Gasteiger partial charge >= 0.3 is 0 Å². The lowest BCUT2D eigenvalue weighted by molar-refractivity contribution is -0.118. The second-order valence-corrected chi connectivity index (χ2v) is 3.67. The molecule has 4 N–H and O–H groups in total. The van der Waals surface area contributed by atoms with Crippen LogP contribution < -0.4 is 11.1 Å². The lowest BCUT2D eigenvalue weighted by atomic mass is 10.1. The summed E-state index contributed by atoms with van der Waals surface area (Å²) >= 11 is 0. The van der Waals surface area contributed by atoms with Gasteiger partial charge in [-0.15, -0.1) is 0 Å². The Morgan fingerprint density at radius 3 is 2.82 bits per heavy atom. The number of carbonyl (C=O) groups excluding carboxylic acids is 1. The van der Waals surface area contributed by atoms with Crippen molar-refractivity contribution < 1.29 is 4.79 Å². The fourth-order valence-electron chi connectivity index (χ4n) is 1.43. The third-order valence-electron chi connectivity index (χ3n) is 2.23. The number of amidine groups is 1. The van der Waals surface area contributed by atoms with Crippen LogP contribution >= 0.6 is 0 Å². The molecule has 0 aromatic heterocycles. The van der Waals surface area contributed by atoms with Crippen molar-refractivity contribution in [3.8, 4) is 0 Å². The van der Waals surface area contributed by atoms with E-state index in [0.717, 1.165) is 17.5 Å². The molecular weight excluding hydrogens is 214 g/mol. The second kappa shape index (κ2) is 6.48. The van der Waals surface area contributed by atoms with Crippen LogP contribution in [0.3, 0.4) is 0 Å². The van der Waals surface area contributed by atoms with Gasteiger partial charge in [0.25, 0.3) is 0 Å². The maximum atomic E-state index is 10.6. The van der Waals surface area contributed by atoms with E-state index in [2.05, 4.69) is 5.32 Å². The van der Waals surface area contributed by atoms with Crippen molar-refractivity contribution in [2.45, 2.75) is 13.3 Å². The van der Waals surface area contributed by atoms with E-state index in [0.29, 0.717) is 6.54 Å². The number of carbonyl (C=O) groups is 1.